The summed E-state index contributed by atoms with van der Waals surface area (Å²) in [7, 11) is 1.58. The Kier molecular flexibility index (Phi) is 6.48. The van der Waals surface area contributed by atoms with E-state index in [1.54, 1.807) is 21.0 Å². The van der Waals surface area contributed by atoms with Crippen molar-refractivity contribution >= 4 is 33.4 Å². The van der Waals surface area contributed by atoms with Gasteiger partial charge in [-0.15, -0.1) is 0 Å². The van der Waals surface area contributed by atoms with Gasteiger partial charge in [0.2, 0.25) is 0 Å². The van der Waals surface area contributed by atoms with Gasteiger partial charge in [0.05, 0.1) is 21.8 Å². The molecule has 0 atom stereocenters. The zero-order valence-electron chi connectivity index (χ0n) is 20.0. The Labute approximate surface area is 220 Å². The summed E-state index contributed by atoms with van der Waals surface area (Å²) in [4.78, 5) is 25.6. The first-order chi connectivity index (χ1) is 17.4. The maximum absolute atomic E-state index is 12.8. The monoisotopic (exact) mass is 596 g/mol. The van der Waals surface area contributed by atoms with E-state index in [1.165, 1.54) is 0 Å². The van der Waals surface area contributed by atoms with E-state index in [4.69, 9.17) is 9.47 Å². The van der Waals surface area contributed by atoms with E-state index in [1.807, 2.05) is 36.4 Å². The lowest BCUT2D eigenvalue weighted by Crippen LogP contribution is -2.20. The number of hydrogen-bond acceptors (Lipinski definition) is 4. The number of ether oxygens (including phenoxy) is 2. The average Bonchev–Trinajstić information content (AvgIpc) is 3.39. The minimum atomic E-state index is -0.607. The highest BCUT2D eigenvalue weighted by atomic mass is 127. The van der Waals surface area contributed by atoms with Crippen LogP contribution in [0.5, 0.6) is 11.5 Å². The van der Waals surface area contributed by atoms with Crippen LogP contribution in [0.3, 0.4) is 0 Å². The van der Waals surface area contributed by atoms with Gasteiger partial charge >= 0.3 is 0 Å². The molecule has 0 unspecified atom stereocenters. The summed E-state index contributed by atoms with van der Waals surface area (Å²) in [6, 6.07) is 18.1. The first kappa shape index (κ1) is 24.0. The molecule has 0 spiro atoms. The fraction of sp³-hybridized carbons (Fsp3) is 0.185. The van der Waals surface area contributed by atoms with E-state index in [9.17, 15) is 9.59 Å². The molecule has 8 nitrogen and oxygen atoms in total. The van der Waals surface area contributed by atoms with Crippen LogP contribution in [0.15, 0.2) is 64.2 Å². The molecule has 0 bridgehead atoms. The second-order valence-electron chi connectivity index (χ2n) is 8.63. The van der Waals surface area contributed by atoms with Crippen molar-refractivity contribution in [3.63, 3.8) is 0 Å². The number of hydrogen-bond donors (Lipinski definition) is 4. The highest BCUT2D eigenvalue weighted by Crippen LogP contribution is 2.40. The molecule has 0 fully saturated rings. The van der Waals surface area contributed by atoms with Gasteiger partial charge in [0.25, 0.3) is 11.1 Å². The van der Waals surface area contributed by atoms with Crippen LogP contribution in [0.25, 0.3) is 10.8 Å². The van der Waals surface area contributed by atoms with Crippen molar-refractivity contribution in [2.45, 2.75) is 26.4 Å². The molecule has 2 aromatic heterocycles. The Bertz CT molecular complexity index is 1620. The number of rotatable bonds is 7. The molecular weight excluding hydrogens is 571 g/mol. The minimum Gasteiger partial charge on any atom is -0.493 e. The lowest BCUT2D eigenvalue weighted by molar-refractivity contribution is 0.283. The van der Waals surface area contributed by atoms with Gasteiger partial charge in [-0.05, 0) is 70.5 Å². The molecule has 2 heterocycles. The van der Waals surface area contributed by atoms with Crippen LogP contribution < -0.4 is 20.6 Å². The van der Waals surface area contributed by atoms with Gasteiger partial charge in [-0.1, -0.05) is 42.5 Å². The van der Waals surface area contributed by atoms with Crippen LogP contribution in [0.2, 0.25) is 0 Å². The molecule has 0 aliphatic heterocycles. The molecule has 5 aromatic rings. The fourth-order valence-corrected chi connectivity index (χ4v) is 5.48. The minimum absolute atomic E-state index is 0.275. The van der Waals surface area contributed by atoms with Gasteiger partial charge in [0.15, 0.2) is 11.5 Å². The van der Waals surface area contributed by atoms with Crippen LogP contribution in [0.4, 0.5) is 0 Å². The summed E-state index contributed by atoms with van der Waals surface area (Å²) < 4.78 is 12.8. The van der Waals surface area contributed by atoms with E-state index in [2.05, 4.69) is 61.2 Å². The third-order valence-corrected chi connectivity index (χ3v) is 7.24. The Hall–Kier alpha value is -3.73. The maximum Gasteiger partial charge on any atom is 0.268 e. The quantitative estimate of drug-likeness (QED) is 0.201. The number of aromatic amines is 4. The second-order valence-corrected chi connectivity index (χ2v) is 9.79. The van der Waals surface area contributed by atoms with Crippen molar-refractivity contribution in [2.24, 2.45) is 0 Å². The number of benzene rings is 3. The Morgan fingerprint density at radius 1 is 0.861 bits per heavy atom. The predicted octanol–water partition coefficient (Wildman–Crippen LogP) is 4.86. The van der Waals surface area contributed by atoms with Crippen LogP contribution in [0, 0.1) is 17.4 Å². The van der Waals surface area contributed by atoms with Crippen molar-refractivity contribution in [1.29, 1.82) is 0 Å². The highest BCUT2D eigenvalue weighted by molar-refractivity contribution is 14.1. The highest BCUT2D eigenvalue weighted by Gasteiger charge is 2.29. The number of fused-ring (bicyclic) bond motifs is 1. The van der Waals surface area contributed by atoms with Crippen molar-refractivity contribution in [3.8, 4) is 11.5 Å². The van der Waals surface area contributed by atoms with Crippen LogP contribution >= 0.6 is 22.6 Å². The average molecular weight is 596 g/mol. The molecule has 0 saturated heterocycles. The van der Waals surface area contributed by atoms with Gasteiger partial charge in [-0.2, -0.15) is 0 Å². The molecule has 9 heteroatoms. The maximum atomic E-state index is 12.8. The largest absolute Gasteiger partial charge is 0.493 e. The van der Waals surface area contributed by atoms with Crippen molar-refractivity contribution in [1.82, 2.24) is 20.4 Å². The molecular formula is C27H25IN4O4. The molecule has 4 N–H and O–H groups in total. The molecule has 0 saturated carbocycles. The number of H-pyrrole nitrogens is 4. The normalized spacial score (nSPS) is 11.4. The number of halogens is 1. The van der Waals surface area contributed by atoms with Crippen molar-refractivity contribution in [2.75, 3.05) is 7.11 Å². The Morgan fingerprint density at radius 3 is 2.11 bits per heavy atom. The van der Waals surface area contributed by atoms with Crippen molar-refractivity contribution in [3.05, 3.63) is 113 Å². The summed E-state index contributed by atoms with van der Waals surface area (Å²) in [6.07, 6.45) is 0. The second kappa shape index (κ2) is 9.73. The Balaban J connectivity index is 1.58. The number of methoxy groups -OCH3 is 1. The molecule has 0 amide bonds. The van der Waals surface area contributed by atoms with Gasteiger partial charge in [0, 0.05) is 17.3 Å². The van der Waals surface area contributed by atoms with Crippen LogP contribution in [-0.4, -0.2) is 27.5 Å². The smallest absolute Gasteiger partial charge is 0.268 e. The molecule has 184 valence electrons. The molecule has 0 aliphatic carbocycles. The van der Waals surface area contributed by atoms with Gasteiger partial charge in [-0.25, -0.2) is 0 Å². The number of nitrogens with one attached hydrogen (secondary N) is 4. The molecule has 36 heavy (non-hydrogen) atoms. The van der Waals surface area contributed by atoms with E-state index in [-0.39, 0.29) is 11.1 Å². The van der Waals surface area contributed by atoms with Crippen LogP contribution in [0.1, 0.15) is 39.6 Å². The summed E-state index contributed by atoms with van der Waals surface area (Å²) in [6.45, 7) is 3.98. The summed E-state index contributed by atoms with van der Waals surface area (Å²) in [5, 5.41) is 13.3. The predicted molar refractivity (Wildman–Crippen MR) is 147 cm³/mol. The molecule has 3 aromatic carbocycles. The third kappa shape index (κ3) is 4.23. The molecule has 5 rings (SSSR count). The number of aromatic nitrogens is 4. The van der Waals surface area contributed by atoms with Gasteiger partial charge in [-0.3, -0.25) is 19.8 Å². The zero-order valence-corrected chi connectivity index (χ0v) is 22.1. The lowest BCUT2D eigenvalue weighted by Gasteiger charge is -2.20. The summed E-state index contributed by atoms with van der Waals surface area (Å²) in [5.41, 5.74) is 3.54. The van der Waals surface area contributed by atoms with Crippen molar-refractivity contribution < 1.29 is 9.47 Å². The first-order valence-corrected chi connectivity index (χ1v) is 12.5. The van der Waals surface area contributed by atoms with E-state index in [0.717, 1.165) is 25.5 Å². The fourth-order valence-electron chi connectivity index (χ4n) is 4.70. The zero-order chi connectivity index (χ0) is 25.4. The van der Waals surface area contributed by atoms with Gasteiger partial charge < -0.3 is 19.7 Å². The number of aryl methyl sites for hydroxylation is 2. The molecule has 0 radical (unpaired) electrons. The Morgan fingerprint density at radius 2 is 1.50 bits per heavy atom. The lowest BCUT2D eigenvalue weighted by atomic mass is 9.85. The SMILES string of the molecule is COc1cc(C(c2c(C)[nH][nH]c2=O)c2c(C)[nH][nH]c2=O)cc(I)c1OCc1cccc2ccccc12. The van der Waals surface area contributed by atoms with E-state index in [0.29, 0.717) is 40.6 Å². The molecule has 0 aliphatic rings. The third-order valence-electron chi connectivity index (χ3n) is 6.44. The summed E-state index contributed by atoms with van der Waals surface area (Å²) >= 11 is 2.21. The van der Waals surface area contributed by atoms with E-state index < -0.39 is 5.92 Å². The van der Waals surface area contributed by atoms with Gasteiger partial charge in [0.1, 0.15) is 6.61 Å². The van der Waals surface area contributed by atoms with Crippen LogP contribution in [-0.2, 0) is 6.61 Å². The summed E-state index contributed by atoms with van der Waals surface area (Å²) in [5.74, 6) is 0.522. The first-order valence-electron chi connectivity index (χ1n) is 11.4. The van der Waals surface area contributed by atoms with E-state index >= 15 is 0 Å². The topological polar surface area (TPSA) is 116 Å². The standard InChI is InChI=1S/C27H25IN4O4/c1-14-22(26(33)31-29-14)24(23-15(2)30-32-27(23)34)18-11-20(28)25(21(12-18)35-3)36-13-17-9-6-8-16-7-4-5-10-19(16)17/h4-12,24H,13H2,1-3H3,(H2,29,31,33)(H2,30,32,34).